The van der Waals surface area contributed by atoms with Gasteiger partial charge in [0.1, 0.15) is 0 Å². The fourth-order valence-corrected chi connectivity index (χ4v) is 2.23. The normalized spacial score (nSPS) is 11.1. The number of hydrogen-bond acceptors (Lipinski definition) is 2. The fraction of sp³-hybridized carbons (Fsp3) is 0.579. The number of nitrogens with one attached hydrogen (secondary N) is 1. The van der Waals surface area contributed by atoms with E-state index in [0.29, 0.717) is 19.4 Å². The molecule has 0 fully saturated rings. The average molecular weight is 318 g/mol. The molecule has 0 unspecified atom stereocenters. The summed E-state index contributed by atoms with van der Waals surface area (Å²) in [5.41, 5.74) is 0.867. The molecule has 128 valence electrons. The summed E-state index contributed by atoms with van der Waals surface area (Å²) in [5, 5.41) is 2.88. The Hall–Kier alpha value is -1.84. The van der Waals surface area contributed by atoms with Crippen molar-refractivity contribution in [2.75, 3.05) is 19.6 Å². The first kappa shape index (κ1) is 19.2. The highest BCUT2D eigenvalue weighted by atomic mass is 16.2. The van der Waals surface area contributed by atoms with Crippen LogP contribution in [0.3, 0.4) is 0 Å². The van der Waals surface area contributed by atoms with Gasteiger partial charge in [0.05, 0.1) is 0 Å². The van der Waals surface area contributed by atoms with E-state index in [4.69, 9.17) is 0 Å². The summed E-state index contributed by atoms with van der Waals surface area (Å²) in [6.07, 6.45) is 2.04. The Kier molecular flexibility index (Phi) is 7.79. The molecule has 0 aliphatic rings. The van der Waals surface area contributed by atoms with Crippen LogP contribution in [0.5, 0.6) is 0 Å². The second-order valence-corrected chi connectivity index (χ2v) is 6.82. The van der Waals surface area contributed by atoms with Crippen molar-refractivity contribution < 1.29 is 9.59 Å². The van der Waals surface area contributed by atoms with Crippen LogP contribution in [0.4, 0.5) is 0 Å². The van der Waals surface area contributed by atoms with E-state index in [9.17, 15) is 9.59 Å². The van der Waals surface area contributed by atoms with Crippen molar-refractivity contribution in [2.45, 2.75) is 47.0 Å². The van der Waals surface area contributed by atoms with Crippen LogP contribution in [0.25, 0.3) is 0 Å². The van der Waals surface area contributed by atoms with E-state index in [0.717, 1.165) is 19.5 Å². The van der Waals surface area contributed by atoms with Crippen molar-refractivity contribution in [1.29, 1.82) is 0 Å². The maximum atomic E-state index is 12.3. The van der Waals surface area contributed by atoms with Crippen molar-refractivity contribution in [2.24, 2.45) is 5.41 Å². The summed E-state index contributed by atoms with van der Waals surface area (Å²) >= 11 is 0. The number of benzene rings is 1. The van der Waals surface area contributed by atoms with E-state index in [1.807, 2.05) is 50.8 Å². The van der Waals surface area contributed by atoms with Crippen LogP contribution in [-0.4, -0.2) is 36.3 Å². The SMILES string of the molecule is CCN(CCc1ccccc1)C(=O)CCCNC(=O)C(C)(C)C. The van der Waals surface area contributed by atoms with Crippen molar-refractivity contribution >= 4 is 11.8 Å². The van der Waals surface area contributed by atoms with Gasteiger partial charge < -0.3 is 10.2 Å². The first-order valence-corrected chi connectivity index (χ1v) is 8.44. The van der Waals surface area contributed by atoms with Gasteiger partial charge in [-0.05, 0) is 25.3 Å². The molecule has 0 atom stereocenters. The third kappa shape index (κ3) is 7.31. The molecule has 1 aromatic carbocycles. The fourth-order valence-electron chi connectivity index (χ4n) is 2.23. The predicted molar refractivity (Wildman–Crippen MR) is 94.1 cm³/mol. The molecule has 0 aromatic heterocycles. The molecular weight excluding hydrogens is 288 g/mol. The van der Waals surface area contributed by atoms with Gasteiger partial charge in [-0.25, -0.2) is 0 Å². The number of carbonyl (C=O) groups excluding carboxylic acids is 2. The molecule has 0 saturated carbocycles. The van der Waals surface area contributed by atoms with Gasteiger partial charge in [0.2, 0.25) is 11.8 Å². The predicted octanol–water partition coefficient (Wildman–Crippen LogP) is 3.02. The van der Waals surface area contributed by atoms with Gasteiger partial charge in [0.15, 0.2) is 0 Å². The van der Waals surface area contributed by atoms with E-state index in [2.05, 4.69) is 17.4 Å². The van der Waals surface area contributed by atoms with Crippen molar-refractivity contribution in [1.82, 2.24) is 10.2 Å². The third-order valence-corrected chi connectivity index (χ3v) is 3.78. The summed E-state index contributed by atoms with van der Waals surface area (Å²) in [7, 11) is 0. The number of likely N-dealkylation sites (N-methyl/N-ethyl adjacent to an activating group) is 1. The minimum Gasteiger partial charge on any atom is -0.356 e. The second-order valence-electron chi connectivity index (χ2n) is 6.82. The highest BCUT2D eigenvalue weighted by Crippen LogP contribution is 2.12. The van der Waals surface area contributed by atoms with Gasteiger partial charge in [-0.1, -0.05) is 51.1 Å². The van der Waals surface area contributed by atoms with Crippen molar-refractivity contribution in [3.8, 4) is 0 Å². The monoisotopic (exact) mass is 318 g/mol. The van der Waals surface area contributed by atoms with Crippen LogP contribution >= 0.6 is 0 Å². The molecule has 0 aliphatic carbocycles. The van der Waals surface area contributed by atoms with Gasteiger partial charge in [0.25, 0.3) is 0 Å². The number of amides is 2. The molecule has 4 heteroatoms. The van der Waals surface area contributed by atoms with Crippen LogP contribution in [0.2, 0.25) is 0 Å². The van der Waals surface area contributed by atoms with Crippen LogP contribution in [0, 0.1) is 5.41 Å². The smallest absolute Gasteiger partial charge is 0.225 e. The first-order chi connectivity index (χ1) is 10.8. The zero-order chi connectivity index (χ0) is 17.3. The Morgan fingerprint density at radius 2 is 1.78 bits per heavy atom. The molecule has 0 heterocycles. The van der Waals surface area contributed by atoms with E-state index in [-0.39, 0.29) is 17.2 Å². The summed E-state index contributed by atoms with van der Waals surface area (Å²) in [5.74, 6) is 0.190. The summed E-state index contributed by atoms with van der Waals surface area (Å²) in [6.45, 7) is 9.68. The Bertz CT molecular complexity index is 492. The van der Waals surface area contributed by atoms with E-state index in [1.165, 1.54) is 5.56 Å². The highest BCUT2D eigenvalue weighted by Gasteiger charge is 2.20. The second kappa shape index (κ2) is 9.33. The van der Waals surface area contributed by atoms with Crippen LogP contribution in [0.1, 0.15) is 46.1 Å². The molecule has 0 bridgehead atoms. The molecular formula is C19H30N2O2. The lowest BCUT2D eigenvalue weighted by molar-refractivity contribution is -0.132. The lowest BCUT2D eigenvalue weighted by Crippen LogP contribution is -2.36. The molecule has 0 saturated heterocycles. The summed E-state index contributed by atoms with van der Waals surface area (Å²) in [6, 6.07) is 10.2. The molecule has 0 aliphatic heterocycles. The Morgan fingerprint density at radius 3 is 2.35 bits per heavy atom. The highest BCUT2D eigenvalue weighted by molar-refractivity contribution is 5.81. The van der Waals surface area contributed by atoms with Crippen LogP contribution in [-0.2, 0) is 16.0 Å². The van der Waals surface area contributed by atoms with E-state index < -0.39 is 0 Å². The lowest BCUT2D eigenvalue weighted by Gasteiger charge is -2.21. The zero-order valence-corrected chi connectivity index (χ0v) is 14.9. The maximum absolute atomic E-state index is 12.3. The first-order valence-electron chi connectivity index (χ1n) is 8.44. The quantitative estimate of drug-likeness (QED) is 0.749. The molecule has 23 heavy (non-hydrogen) atoms. The third-order valence-electron chi connectivity index (χ3n) is 3.78. The van der Waals surface area contributed by atoms with E-state index in [1.54, 1.807) is 0 Å². The van der Waals surface area contributed by atoms with Gasteiger partial charge >= 0.3 is 0 Å². The minimum atomic E-state index is -0.380. The number of rotatable bonds is 8. The molecule has 4 nitrogen and oxygen atoms in total. The summed E-state index contributed by atoms with van der Waals surface area (Å²) < 4.78 is 0. The van der Waals surface area contributed by atoms with Crippen LogP contribution < -0.4 is 5.32 Å². The molecule has 1 N–H and O–H groups in total. The van der Waals surface area contributed by atoms with E-state index >= 15 is 0 Å². The standard InChI is InChI=1S/C19H30N2O2/c1-5-21(15-13-16-10-7-6-8-11-16)17(22)12-9-14-20-18(23)19(2,3)4/h6-8,10-11H,5,9,12-15H2,1-4H3,(H,20,23). The Morgan fingerprint density at radius 1 is 1.13 bits per heavy atom. The largest absolute Gasteiger partial charge is 0.356 e. The molecule has 2 amide bonds. The number of carbonyl (C=O) groups is 2. The number of nitrogens with zero attached hydrogens (tertiary/aromatic N) is 1. The van der Waals surface area contributed by atoms with Gasteiger partial charge in [-0.3, -0.25) is 9.59 Å². The van der Waals surface area contributed by atoms with Gasteiger partial charge in [0, 0.05) is 31.5 Å². The molecule has 1 aromatic rings. The lowest BCUT2D eigenvalue weighted by atomic mass is 9.96. The molecule has 0 spiro atoms. The van der Waals surface area contributed by atoms with Crippen LogP contribution in [0.15, 0.2) is 30.3 Å². The number of hydrogen-bond donors (Lipinski definition) is 1. The Balaban J connectivity index is 2.30. The minimum absolute atomic E-state index is 0.0291. The van der Waals surface area contributed by atoms with Gasteiger partial charge in [-0.15, -0.1) is 0 Å². The summed E-state index contributed by atoms with van der Waals surface area (Å²) in [4.78, 5) is 25.9. The zero-order valence-electron chi connectivity index (χ0n) is 14.9. The maximum Gasteiger partial charge on any atom is 0.225 e. The molecule has 1 rings (SSSR count). The topological polar surface area (TPSA) is 49.4 Å². The van der Waals surface area contributed by atoms with Crippen molar-refractivity contribution in [3.05, 3.63) is 35.9 Å². The molecule has 0 radical (unpaired) electrons. The Labute approximate surface area is 140 Å². The average Bonchev–Trinajstić information content (AvgIpc) is 2.52. The van der Waals surface area contributed by atoms with Gasteiger partial charge in [-0.2, -0.15) is 0 Å². The van der Waals surface area contributed by atoms with Crippen molar-refractivity contribution in [3.63, 3.8) is 0 Å².